The lowest BCUT2D eigenvalue weighted by molar-refractivity contribution is 0.144. The van der Waals surface area contributed by atoms with E-state index in [1.807, 2.05) is 13.8 Å². The second kappa shape index (κ2) is 4.98. The number of hydrogen-bond donors (Lipinski definition) is 2. The van der Waals surface area contributed by atoms with Crippen molar-refractivity contribution < 1.29 is 5.11 Å². The van der Waals surface area contributed by atoms with Gasteiger partial charge in [-0.15, -0.1) is 0 Å². The third-order valence-electron chi connectivity index (χ3n) is 3.57. The van der Waals surface area contributed by atoms with E-state index in [-0.39, 0.29) is 12.1 Å². The number of aliphatic hydroxyl groups excluding tert-OH is 1. The Kier molecular flexibility index (Phi) is 3.62. The summed E-state index contributed by atoms with van der Waals surface area (Å²) >= 11 is 0. The fraction of sp³-hybridized carbons (Fsp3) is 0.571. The van der Waals surface area contributed by atoms with E-state index in [0.717, 1.165) is 12.8 Å². The van der Waals surface area contributed by atoms with Crippen molar-refractivity contribution in [1.82, 2.24) is 5.32 Å². The highest BCUT2D eigenvalue weighted by molar-refractivity contribution is 5.30. The van der Waals surface area contributed by atoms with Crippen molar-refractivity contribution in [2.24, 2.45) is 0 Å². The molecule has 3 atom stereocenters. The summed E-state index contributed by atoms with van der Waals surface area (Å²) in [6.45, 7) is 3.89. The van der Waals surface area contributed by atoms with E-state index in [1.165, 1.54) is 17.5 Å². The number of benzene rings is 1. The van der Waals surface area contributed by atoms with Crippen LogP contribution in [0.3, 0.4) is 0 Å². The third-order valence-corrected chi connectivity index (χ3v) is 3.57. The molecule has 2 N–H and O–H groups in total. The van der Waals surface area contributed by atoms with Crippen molar-refractivity contribution in [1.29, 1.82) is 0 Å². The molecule has 2 rings (SSSR count). The molecule has 3 unspecified atom stereocenters. The molecule has 0 bridgehead atoms. The molecule has 0 saturated carbocycles. The highest BCUT2D eigenvalue weighted by Crippen LogP contribution is 2.21. The maximum Gasteiger partial charge on any atom is 0.0662 e. The summed E-state index contributed by atoms with van der Waals surface area (Å²) in [6, 6.07) is 9.36. The van der Waals surface area contributed by atoms with Crippen LogP contribution >= 0.6 is 0 Å². The molecular formula is C14H21NO. The van der Waals surface area contributed by atoms with E-state index >= 15 is 0 Å². The fourth-order valence-corrected chi connectivity index (χ4v) is 2.35. The van der Waals surface area contributed by atoms with Gasteiger partial charge in [-0.2, -0.15) is 0 Å². The van der Waals surface area contributed by atoms with E-state index < -0.39 is 0 Å². The largest absolute Gasteiger partial charge is 0.392 e. The quantitative estimate of drug-likeness (QED) is 0.814. The van der Waals surface area contributed by atoms with Gasteiger partial charge in [-0.25, -0.2) is 0 Å². The van der Waals surface area contributed by atoms with Gasteiger partial charge < -0.3 is 10.4 Å². The maximum atomic E-state index is 9.48. The molecule has 1 aliphatic rings. The van der Waals surface area contributed by atoms with Gasteiger partial charge in [0, 0.05) is 12.1 Å². The summed E-state index contributed by atoms with van der Waals surface area (Å²) in [5.41, 5.74) is 2.95. The first kappa shape index (κ1) is 11.6. The second-order valence-electron chi connectivity index (χ2n) is 4.90. The third kappa shape index (κ3) is 2.63. The van der Waals surface area contributed by atoms with Crippen molar-refractivity contribution in [3.63, 3.8) is 0 Å². The zero-order valence-corrected chi connectivity index (χ0v) is 10.1. The lowest BCUT2D eigenvalue weighted by Gasteiger charge is -2.29. The summed E-state index contributed by atoms with van der Waals surface area (Å²) < 4.78 is 0. The summed E-state index contributed by atoms with van der Waals surface area (Å²) in [7, 11) is 0. The molecule has 1 aromatic carbocycles. The van der Waals surface area contributed by atoms with Crippen LogP contribution in [-0.2, 0) is 12.8 Å². The van der Waals surface area contributed by atoms with Gasteiger partial charge in [-0.1, -0.05) is 24.3 Å². The van der Waals surface area contributed by atoms with E-state index in [9.17, 15) is 5.11 Å². The summed E-state index contributed by atoms with van der Waals surface area (Å²) in [4.78, 5) is 0. The number of aryl methyl sites for hydroxylation is 1. The Morgan fingerprint density at radius 2 is 1.94 bits per heavy atom. The van der Waals surface area contributed by atoms with E-state index in [2.05, 4.69) is 29.6 Å². The molecular weight excluding hydrogens is 198 g/mol. The van der Waals surface area contributed by atoms with Gasteiger partial charge in [0.2, 0.25) is 0 Å². The molecule has 0 saturated heterocycles. The minimum Gasteiger partial charge on any atom is -0.392 e. The molecule has 0 heterocycles. The Morgan fingerprint density at radius 1 is 1.25 bits per heavy atom. The molecule has 0 amide bonds. The molecule has 2 heteroatoms. The molecule has 0 radical (unpaired) electrons. The molecule has 88 valence electrons. The predicted octanol–water partition coefficient (Wildman–Crippen LogP) is 1.90. The number of rotatable bonds is 3. The normalized spacial score (nSPS) is 23.6. The van der Waals surface area contributed by atoms with E-state index in [4.69, 9.17) is 0 Å². The molecule has 1 aromatic rings. The van der Waals surface area contributed by atoms with Gasteiger partial charge in [0.1, 0.15) is 0 Å². The van der Waals surface area contributed by atoms with Gasteiger partial charge >= 0.3 is 0 Å². The standard InChI is InChI=1S/C14H21NO/c1-10(11(2)16)15-14-8-7-12-5-3-4-6-13(12)9-14/h3-6,10-11,14-16H,7-9H2,1-2H3. The van der Waals surface area contributed by atoms with Gasteiger partial charge in [0.15, 0.2) is 0 Å². The smallest absolute Gasteiger partial charge is 0.0662 e. The Hall–Kier alpha value is -0.860. The number of aliphatic hydroxyl groups is 1. The number of nitrogens with one attached hydrogen (secondary N) is 1. The topological polar surface area (TPSA) is 32.3 Å². The molecule has 16 heavy (non-hydrogen) atoms. The average Bonchev–Trinajstić information content (AvgIpc) is 2.28. The molecule has 0 aliphatic heterocycles. The number of fused-ring (bicyclic) bond motifs is 1. The fourth-order valence-electron chi connectivity index (χ4n) is 2.35. The van der Waals surface area contributed by atoms with Gasteiger partial charge in [-0.3, -0.25) is 0 Å². The SMILES string of the molecule is CC(O)C(C)NC1CCc2ccccc2C1. The van der Waals surface area contributed by atoms with Crippen LogP contribution in [-0.4, -0.2) is 23.3 Å². The Morgan fingerprint density at radius 3 is 2.62 bits per heavy atom. The first-order valence-corrected chi connectivity index (χ1v) is 6.17. The first-order chi connectivity index (χ1) is 7.66. The van der Waals surface area contributed by atoms with Crippen LogP contribution < -0.4 is 5.32 Å². The minimum absolute atomic E-state index is 0.176. The Bertz CT molecular complexity index is 348. The highest BCUT2D eigenvalue weighted by atomic mass is 16.3. The molecule has 0 spiro atoms. The zero-order valence-electron chi connectivity index (χ0n) is 10.1. The summed E-state index contributed by atoms with van der Waals surface area (Å²) in [6.07, 6.45) is 3.14. The van der Waals surface area contributed by atoms with Crippen molar-refractivity contribution in [3.8, 4) is 0 Å². The van der Waals surface area contributed by atoms with Crippen LogP contribution in [0.2, 0.25) is 0 Å². The van der Waals surface area contributed by atoms with Crippen LogP contribution in [0.25, 0.3) is 0 Å². The van der Waals surface area contributed by atoms with E-state index in [1.54, 1.807) is 0 Å². The van der Waals surface area contributed by atoms with Crippen molar-refractivity contribution >= 4 is 0 Å². The summed E-state index contributed by atoms with van der Waals surface area (Å²) in [5, 5.41) is 13.0. The Balaban J connectivity index is 1.98. The minimum atomic E-state index is -0.280. The number of hydrogen-bond acceptors (Lipinski definition) is 2. The maximum absolute atomic E-state index is 9.48. The van der Waals surface area contributed by atoms with Crippen molar-refractivity contribution in [2.45, 2.75) is 51.3 Å². The summed E-state index contributed by atoms with van der Waals surface area (Å²) in [5.74, 6) is 0. The predicted molar refractivity (Wildman–Crippen MR) is 66.5 cm³/mol. The van der Waals surface area contributed by atoms with Crippen LogP contribution in [0.1, 0.15) is 31.4 Å². The molecule has 0 aromatic heterocycles. The second-order valence-corrected chi connectivity index (χ2v) is 4.90. The zero-order chi connectivity index (χ0) is 11.5. The van der Waals surface area contributed by atoms with Crippen molar-refractivity contribution in [2.75, 3.05) is 0 Å². The van der Waals surface area contributed by atoms with Crippen LogP contribution in [0.4, 0.5) is 0 Å². The van der Waals surface area contributed by atoms with Gasteiger partial charge in [-0.05, 0) is 44.2 Å². The van der Waals surface area contributed by atoms with Crippen LogP contribution in [0, 0.1) is 0 Å². The lowest BCUT2D eigenvalue weighted by Crippen LogP contribution is -2.44. The molecule has 0 fully saturated rings. The monoisotopic (exact) mass is 219 g/mol. The Labute approximate surface area is 97.7 Å². The van der Waals surface area contributed by atoms with E-state index in [0.29, 0.717) is 6.04 Å². The lowest BCUT2D eigenvalue weighted by atomic mass is 9.88. The van der Waals surface area contributed by atoms with Gasteiger partial charge in [0.25, 0.3) is 0 Å². The van der Waals surface area contributed by atoms with Crippen LogP contribution in [0.5, 0.6) is 0 Å². The van der Waals surface area contributed by atoms with Gasteiger partial charge in [0.05, 0.1) is 6.10 Å². The first-order valence-electron chi connectivity index (χ1n) is 6.17. The average molecular weight is 219 g/mol. The highest BCUT2D eigenvalue weighted by Gasteiger charge is 2.20. The molecule has 1 aliphatic carbocycles. The molecule has 2 nitrogen and oxygen atoms in total. The van der Waals surface area contributed by atoms with Crippen molar-refractivity contribution in [3.05, 3.63) is 35.4 Å². The van der Waals surface area contributed by atoms with Crippen LogP contribution in [0.15, 0.2) is 24.3 Å².